The SMILES string of the molecule is COc1cc(NC(=O)OC(C)(C)C)cc2c1OC(c1ccc3c(c1)OCO3)C2C. The molecule has 0 saturated heterocycles. The van der Waals surface area contributed by atoms with Crippen LogP contribution in [0.1, 0.15) is 50.8 Å². The summed E-state index contributed by atoms with van der Waals surface area (Å²) in [6.07, 6.45) is -0.719. The molecule has 2 aromatic carbocycles. The Bertz CT molecular complexity index is 949. The number of amides is 1. The summed E-state index contributed by atoms with van der Waals surface area (Å²) < 4.78 is 28.0. The molecule has 29 heavy (non-hydrogen) atoms. The van der Waals surface area contributed by atoms with Gasteiger partial charge in [0.15, 0.2) is 23.0 Å². The first kappa shape index (κ1) is 19.2. The molecular formula is C22H25NO6. The average Bonchev–Trinajstić information content (AvgIpc) is 3.23. The number of ether oxygens (including phenoxy) is 5. The molecule has 0 radical (unpaired) electrons. The number of methoxy groups -OCH3 is 1. The van der Waals surface area contributed by atoms with E-state index >= 15 is 0 Å². The van der Waals surface area contributed by atoms with E-state index < -0.39 is 11.7 Å². The summed E-state index contributed by atoms with van der Waals surface area (Å²) in [5.41, 5.74) is 1.96. The van der Waals surface area contributed by atoms with Gasteiger partial charge in [-0.1, -0.05) is 13.0 Å². The molecule has 0 fully saturated rings. The average molecular weight is 399 g/mol. The Balaban J connectivity index is 1.61. The molecule has 0 saturated carbocycles. The molecule has 0 bridgehead atoms. The van der Waals surface area contributed by atoms with Gasteiger partial charge in [0.2, 0.25) is 6.79 Å². The van der Waals surface area contributed by atoms with Crippen molar-refractivity contribution < 1.29 is 28.5 Å². The summed E-state index contributed by atoms with van der Waals surface area (Å²) in [5, 5.41) is 2.78. The van der Waals surface area contributed by atoms with Crippen molar-refractivity contribution in [3.8, 4) is 23.0 Å². The zero-order valence-electron chi connectivity index (χ0n) is 17.2. The first-order chi connectivity index (χ1) is 13.7. The van der Waals surface area contributed by atoms with Crippen LogP contribution in [0.3, 0.4) is 0 Å². The molecule has 0 spiro atoms. The van der Waals surface area contributed by atoms with Crippen molar-refractivity contribution in [1.29, 1.82) is 0 Å². The molecule has 2 heterocycles. The summed E-state index contributed by atoms with van der Waals surface area (Å²) in [7, 11) is 1.58. The van der Waals surface area contributed by atoms with Crippen molar-refractivity contribution in [2.24, 2.45) is 0 Å². The maximum Gasteiger partial charge on any atom is 0.412 e. The molecule has 7 nitrogen and oxygen atoms in total. The third-order valence-electron chi connectivity index (χ3n) is 4.86. The Kier molecular flexibility index (Phi) is 4.68. The minimum atomic E-state index is -0.578. The van der Waals surface area contributed by atoms with Crippen molar-refractivity contribution in [3.63, 3.8) is 0 Å². The van der Waals surface area contributed by atoms with Crippen LogP contribution in [0.15, 0.2) is 30.3 Å². The minimum Gasteiger partial charge on any atom is -0.493 e. The fourth-order valence-corrected chi connectivity index (χ4v) is 3.57. The van der Waals surface area contributed by atoms with Crippen LogP contribution in [0.4, 0.5) is 10.5 Å². The second-order valence-corrected chi connectivity index (χ2v) is 8.16. The van der Waals surface area contributed by atoms with Crippen LogP contribution in [0.2, 0.25) is 0 Å². The van der Waals surface area contributed by atoms with Gasteiger partial charge in [-0.25, -0.2) is 4.79 Å². The fourth-order valence-electron chi connectivity index (χ4n) is 3.57. The standard InChI is InChI=1S/C22H25NO6/c1-12-15-9-14(23-21(24)29-22(2,3)4)10-18(25-5)20(15)28-19(12)13-6-7-16-17(8-13)27-11-26-16/h6-10,12,19H,11H2,1-5H3,(H,23,24). The van der Waals surface area contributed by atoms with E-state index in [9.17, 15) is 4.79 Å². The highest BCUT2D eigenvalue weighted by Crippen LogP contribution is 2.52. The number of rotatable bonds is 3. The Hall–Kier alpha value is -3.09. The van der Waals surface area contributed by atoms with E-state index in [1.807, 2.05) is 45.0 Å². The molecule has 0 aromatic heterocycles. The number of anilines is 1. The first-order valence-electron chi connectivity index (χ1n) is 9.53. The summed E-state index contributed by atoms with van der Waals surface area (Å²) in [6.45, 7) is 7.77. The third kappa shape index (κ3) is 3.77. The number of nitrogens with one attached hydrogen (secondary N) is 1. The van der Waals surface area contributed by atoms with E-state index in [-0.39, 0.29) is 18.8 Å². The highest BCUT2D eigenvalue weighted by molar-refractivity contribution is 5.86. The smallest absolute Gasteiger partial charge is 0.412 e. The molecule has 2 atom stereocenters. The maximum absolute atomic E-state index is 12.2. The van der Waals surface area contributed by atoms with Gasteiger partial charge in [-0.3, -0.25) is 5.32 Å². The number of benzene rings is 2. The van der Waals surface area contributed by atoms with Crippen LogP contribution in [0.25, 0.3) is 0 Å². The van der Waals surface area contributed by atoms with Gasteiger partial charge in [0.25, 0.3) is 0 Å². The lowest BCUT2D eigenvalue weighted by atomic mass is 9.92. The lowest BCUT2D eigenvalue weighted by Gasteiger charge is -2.20. The number of carbonyl (C=O) groups excluding carboxylic acids is 1. The van der Waals surface area contributed by atoms with Crippen LogP contribution in [-0.4, -0.2) is 25.6 Å². The van der Waals surface area contributed by atoms with Crippen molar-refractivity contribution in [2.75, 3.05) is 19.2 Å². The largest absolute Gasteiger partial charge is 0.493 e. The van der Waals surface area contributed by atoms with Gasteiger partial charge in [0, 0.05) is 23.2 Å². The summed E-state index contributed by atoms with van der Waals surface area (Å²) in [5.74, 6) is 2.73. The predicted molar refractivity (Wildman–Crippen MR) is 107 cm³/mol. The van der Waals surface area contributed by atoms with Gasteiger partial charge in [0.1, 0.15) is 11.7 Å². The molecule has 154 valence electrons. The molecule has 1 N–H and O–H groups in total. The van der Waals surface area contributed by atoms with Gasteiger partial charge < -0.3 is 23.7 Å². The molecule has 2 aliphatic heterocycles. The Morgan fingerprint density at radius 2 is 1.90 bits per heavy atom. The summed E-state index contributed by atoms with van der Waals surface area (Å²) in [6, 6.07) is 9.45. The lowest BCUT2D eigenvalue weighted by molar-refractivity contribution is 0.0636. The van der Waals surface area contributed by atoms with E-state index in [2.05, 4.69) is 12.2 Å². The minimum absolute atomic E-state index is 0.0413. The molecule has 7 heteroatoms. The molecule has 4 rings (SSSR count). The Morgan fingerprint density at radius 3 is 2.62 bits per heavy atom. The quantitative estimate of drug-likeness (QED) is 0.782. The van der Waals surface area contributed by atoms with Crippen molar-refractivity contribution in [3.05, 3.63) is 41.5 Å². The second kappa shape index (κ2) is 7.06. The third-order valence-corrected chi connectivity index (χ3v) is 4.86. The van der Waals surface area contributed by atoms with Gasteiger partial charge in [-0.15, -0.1) is 0 Å². The molecule has 1 amide bonds. The zero-order chi connectivity index (χ0) is 20.8. The predicted octanol–water partition coefficient (Wildman–Crippen LogP) is 5.01. The van der Waals surface area contributed by atoms with Crippen LogP contribution < -0.4 is 24.3 Å². The number of fused-ring (bicyclic) bond motifs is 2. The number of hydrogen-bond donors (Lipinski definition) is 1. The Morgan fingerprint density at radius 1 is 1.14 bits per heavy atom. The molecule has 0 aliphatic carbocycles. The summed E-state index contributed by atoms with van der Waals surface area (Å²) in [4.78, 5) is 12.2. The highest BCUT2D eigenvalue weighted by Gasteiger charge is 2.36. The fraction of sp³-hybridized carbons (Fsp3) is 0.409. The number of hydrogen-bond acceptors (Lipinski definition) is 6. The van der Waals surface area contributed by atoms with Crippen molar-refractivity contribution in [1.82, 2.24) is 0 Å². The van der Waals surface area contributed by atoms with Gasteiger partial charge in [0.05, 0.1) is 7.11 Å². The van der Waals surface area contributed by atoms with Crippen LogP contribution in [-0.2, 0) is 4.74 Å². The van der Waals surface area contributed by atoms with E-state index in [1.54, 1.807) is 13.2 Å². The van der Waals surface area contributed by atoms with Gasteiger partial charge in [-0.2, -0.15) is 0 Å². The maximum atomic E-state index is 12.2. The van der Waals surface area contributed by atoms with Crippen LogP contribution in [0, 0.1) is 0 Å². The zero-order valence-corrected chi connectivity index (χ0v) is 17.2. The van der Waals surface area contributed by atoms with E-state index in [4.69, 9.17) is 23.7 Å². The highest BCUT2D eigenvalue weighted by atomic mass is 16.7. The topological polar surface area (TPSA) is 75.3 Å². The first-order valence-corrected chi connectivity index (χ1v) is 9.53. The van der Waals surface area contributed by atoms with Gasteiger partial charge >= 0.3 is 6.09 Å². The molecule has 2 aromatic rings. The second-order valence-electron chi connectivity index (χ2n) is 8.16. The van der Waals surface area contributed by atoms with Crippen molar-refractivity contribution in [2.45, 2.75) is 45.3 Å². The lowest BCUT2D eigenvalue weighted by Crippen LogP contribution is -2.27. The number of carbonyl (C=O) groups is 1. The van der Waals surface area contributed by atoms with E-state index in [1.165, 1.54) is 0 Å². The molecule has 2 aliphatic rings. The van der Waals surface area contributed by atoms with Crippen molar-refractivity contribution >= 4 is 11.8 Å². The Labute approximate surface area is 169 Å². The summed E-state index contributed by atoms with van der Waals surface area (Å²) >= 11 is 0. The van der Waals surface area contributed by atoms with Crippen LogP contribution in [0.5, 0.6) is 23.0 Å². The van der Waals surface area contributed by atoms with E-state index in [0.29, 0.717) is 22.9 Å². The normalized spacial score (nSPS) is 19.3. The van der Waals surface area contributed by atoms with Crippen LogP contribution >= 0.6 is 0 Å². The molecule has 2 unspecified atom stereocenters. The monoisotopic (exact) mass is 399 g/mol. The molecular weight excluding hydrogens is 374 g/mol. The van der Waals surface area contributed by atoms with E-state index in [0.717, 1.165) is 16.9 Å². The van der Waals surface area contributed by atoms with Gasteiger partial charge in [-0.05, 0) is 44.5 Å².